The first kappa shape index (κ1) is 17.9. The van der Waals surface area contributed by atoms with Crippen LogP contribution in [0.25, 0.3) is 0 Å². The summed E-state index contributed by atoms with van der Waals surface area (Å²) in [6.07, 6.45) is 5.14. The average Bonchev–Trinajstić information content (AvgIpc) is 2.23. The molecule has 0 N–H and O–H groups in total. The molecule has 0 aliphatic carbocycles. The van der Waals surface area contributed by atoms with E-state index in [1.807, 2.05) is 0 Å². The van der Waals surface area contributed by atoms with Crippen molar-refractivity contribution in [3.8, 4) is 0 Å². The van der Waals surface area contributed by atoms with E-state index in [0.29, 0.717) is 0 Å². The molecule has 109 valence electrons. The Labute approximate surface area is 116 Å². The molecule has 0 amide bonds. The Morgan fingerprint density at radius 3 is 1.94 bits per heavy atom. The molecule has 0 fully saturated rings. The lowest BCUT2D eigenvalue weighted by atomic mass is 10.1. The molecule has 0 saturated heterocycles. The monoisotopic (exact) mass is 256 g/mol. The summed E-state index contributed by atoms with van der Waals surface area (Å²) in [6.45, 7) is 19.8. The van der Waals surface area contributed by atoms with Crippen molar-refractivity contribution < 1.29 is 0 Å². The van der Waals surface area contributed by atoms with Crippen molar-refractivity contribution >= 4 is 0 Å². The number of unbranched alkanes of at least 4 members (excludes halogenated alkanes) is 2. The van der Waals surface area contributed by atoms with E-state index >= 15 is 0 Å². The summed E-state index contributed by atoms with van der Waals surface area (Å²) in [5.74, 6) is 0.730. The van der Waals surface area contributed by atoms with Gasteiger partial charge in [-0.15, -0.1) is 5.01 Å². The lowest BCUT2D eigenvalue weighted by Gasteiger charge is -2.35. The van der Waals surface area contributed by atoms with E-state index < -0.39 is 0 Å². The van der Waals surface area contributed by atoms with Crippen LogP contribution in [-0.2, 0) is 0 Å². The van der Waals surface area contributed by atoms with Gasteiger partial charge < -0.3 is 0 Å². The van der Waals surface area contributed by atoms with Gasteiger partial charge in [-0.25, -0.2) is 0 Å². The largest absolute Gasteiger partial charge is 0.147 e. The second kappa shape index (κ2) is 8.92. The van der Waals surface area contributed by atoms with E-state index in [9.17, 15) is 0 Å². The quantitative estimate of drug-likeness (QED) is 0.439. The van der Waals surface area contributed by atoms with Crippen molar-refractivity contribution in [2.75, 3.05) is 19.6 Å². The Morgan fingerprint density at radius 1 is 1.00 bits per heavy atom. The minimum atomic E-state index is 0.234. The second-order valence-corrected chi connectivity index (χ2v) is 6.81. The van der Waals surface area contributed by atoms with Gasteiger partial charge in [0.2, 0.25) is 0 Å². The van der Waals surface area contributed by atoms with Gasteiger partial charge in [0.15, 0.2) is 0 Å². The van der Waals surface area contributed by atoms with E-state index in [0.717, 1.165) is 5.92 Å². The van der Waals surface area contributed by atoms with Gasteiger partial charge in [0, 0.05) is 12.3 Å². The van der Waals surface area contributed by atoms with Gasteiger partial charge in [-0.1, -0.05) is 45.5 Å². The summed E-state index contributed by atoms with van der Waals surface area (Å²) >= 11 is 0. The summed E-state index contributed by atoms with van der Waals surface area (Å²) < 4.78 is 0. The van der Waals surface area contributed by atoms with E-state index in [1.54, 1.807) is 0 Å². The van der Waals surface area contributed by atoms with Crippen LogP contribution in [0.4, 0.5) is 0 Å². The summed E-state index contributed by atoms with van der Waals surface area (Å²) in [5.41, 5.74) is 0.234. The van der Waals surface area contributed by atoms with E-state index in [2.05, 4.69) is 58.5 Å². The van der Waals surface area contributed by atoms with Gasteiger partial charge in [0.25, 0.3) is 0 Å². The molecule has 0 atom stereocenters. The Balaban J connectivity index is 4.70. The van der Waals surface area contributed by atoms with E-state index in [1.165, 1.54) is 45.3 Å². The zero-order valence-corrected chi connectivity index (χ0v) is 13.9. The topological polar surface area (TPSA) is 9.14 Å². The normalized spacial score (nSPS) is 13.0. The number of rotatable bonds is 9. The molecule has 0 rings (SSSR count). The Bertz CT molecular complexity index is 194. The Hall–Kier alpha value is -0.0800. The molecule has 0 bridgehead atoms. The minimum Gasteiger partial charge on any atom is -0.101 e. The van der Waals surface area contributed by atoms with Crippen LogP contribution in [0.1, 0.15) is 74.1 Å². The van der Waals surface area contributed by atoms with Gasteiger partial charge >= 0.3 is 0 Å². The molecular weight excluding hydrogens is 220 g/mol. The summed E-state index contributed by atoms with van der Waals surface area (Å²) in [6, 6.07) is 0. The molecule has 1 radical (unpaired) electrons. The van der Waals surface area contributed by atoms with Gasteiger partial charge in [-0.05, 0) is 27.2 Å². The Morgan fingerprint density at radius 2 is 1.56 bits per heavy atom. The molecule has 0 spiro atoms. The van der Waals surface area contributed by atoms with Crippen molar-refractivity contribution in [3.63, 3.8) is 0 Å². The first-order valence-corrected chi connectivity index (χ1v) is 7.85. The molecule has 18 heavy (non-hydrogen) atoms. The van der Waals surface area contributed by atoms with Crippen LogP contribution in [0.3, 0.4) is 0 Å². The highest BCUT2D eigenvalue weighted by molar-refractivity contribution is 4.78. The molecule has 0 unspecified atom stereocenters. The highest BCUT2D eigenvalue weighted by Crippen LogP contribution is 2.17. The maximum atomic E-state index is 2.60. The highest BCUT2D eigenvalue weighted by atomic mass is 15.6. The van der Waals surface area contributed by atoms with Crippen LogP contribution >= 0.6 is 0 Å². The standard InChI is InChI=1S/C16H36N2/c1-8-10-12-17(14-15(3)4)18(13-11-9-2)16(5,6)7/h15H,8-14H2,1-7H3/q+1. The molecule has 0 aliphatic rings. The maximum Gasteiger partial charge on any atom is 0.147 e. The molecule has 0 aliphatic heterocycles. The van der Waals surface area contributed by atoms with Crippen LogP contribution in [0, 0.1) is 5.92 Å². The second-order valence-electron chi connectivity index (χ2n) is 6.81. The predicted octanol–water partition coefficient (Wildman–Crippen LogP) is 4.40. The van der Waals surface area contributed by atoms with Crippen molar-refractivity contribution in [1.82, 2.24) is 10.0 Å². The molecule has 0 aromatic carbocycles. The van der Waals surface area contributed by atoms with Crippen LogP contribution in [0.2, 0.25) is 0 Å². The van der Waals surface area contributed by atoms with E-state index in [4.69, 9.17) is 0 Å². The molecular formula is C16H36N2+. The highest BCUT2D eigenvalue weighted by Gasteiger charge is 2.34. The van der Waals surface area contributed by atoms with Gasteiger partial charge in [0.05, 0.1) is 12.1 Å². The molecule has 0 aromatic heterocycles. The summed E-state index contributed by atoms with van der Waals surface area (Å²) in [4.78, 5) is 0. The lowest BCUT2D eigenvalue weighted by molar-refractivity contribution is -0.0239. The number of hydrogen-bond donors (Lipinski definition) is 0. The third kappa shape index (κ3) is 7.38. The van der Waals surface area contributed by atoms with Gasteiger partial charge in [-0.2, -0.15) is 0 Å². The predicted molar refractivity (Wildman–Crippen MR) is 83.0 cm³/mol. The fraction of sp³-hybridized carbons (Fsp3) is 1.00. The van der Waals surface area contributed by atoms with Gasteiger partial charge in [-0.3, -0.25) is 0 Å². The summed E-state index contributed by atoms with van der Waals surface area (Å²) in [5, 5.41) is 5.20. The van der Waals surface area contributed by atoms with Crippen LogP contribution in [0.5, 0.6) is 0 Å². The van der Waals surface area contributed by atoms with Crippen molar-refractivity contribution in [3.05, 3.63) is 0 Å². The average molecular weight is 256 g/mol. The maximum absolute atomic E-state index is 2.60. The van der Waals surface area contributed by atoms with E-state index in [-0.39, 0.29) is 5.54 Å². The molecule has 0 heterocycles. The van der Waals surface area contributed by atoms with Crippen molar-refractivity contribution in [1.29, 1.82) is 0 Å². The molecule has 0 aromatic rings. The summed E-state index contributed by atoms with van der Waals surface area (Å²) in [7, 11) is 0. The fourth-order valence-corrected chi connectivity index (χ4v) is 2.28. The number of hydrazine groups is 1. The first-order chi connectivity index (χ1) is 8.32. The zero-order valence-electron chi connectivity index (χ0n) is 13.9. The molecule has 2 heteroatoms. The van der Waals surface area contributed by atoms with Crippen LogP contribution < -0.4 is 5.01 Å². The van der Waals surface area contributed by atoms with Crippen molar-refractivity contribution in [2.24, 2.45) is 5.92 Å². The smallest absolute Gasteiger partial charge is 0.101 e. The van der Waals surface area contributed by atoms with Gasteiger partial charge in [0.1, 0.15) is 13.1 Å². The third-order valence-corrected chi connectivity index (χ3v) is 3.18. The SMILES string of the molecule is CCCCN([N+](CCCC)CC(C)C)C(C)(C)C. The first-order valence-electron chi connectivity index (χ1n) is 7.85. The molecule has 2 nitrogen and oxygen atoms in total. The third-order valence-electron chi connectivity index (χ3n) is 3.18. The van der Waals surface area contributed by atoms with Crippen LogP contribution in [0.15, 0.2) is 0 Å². The van der Waals surface area contributed by atoms with Crippen molar-refractivity contribution in [2.45, 2.75) is 79.7 Å². The zero-order chi connectivity index (χ0) is 14.2. The Kier molecular flexibility index (Phi) is 8.89. The minimum absolute atomic E-state index is 0.234. The fourth-order valence-electron chi connectivity index (χ4n) is 2.28. The number of nitrogens with zero attached hydrogens (tertiary/aromatic N) is 2. The lowest BCUT2D eigenvalue weighted by Crippen LogP contribution is -2.58. The molecule has 0 saturated carbocycles. The number of hydrogen-bond acceptors (Lipinski definition) is 2. The van der Waals surface area contributed by atoms with Crippen LogP contribution in [-0.4, -0.2) is 30.2 Å².